The van der Waals surface area contributed by atoms with Crippen molar-refractivity contribution >= 4 is 17.5 Å². The molecule has 5 fully saturated rings. The Hall–Kier alpha value is -1.45. The number of carbonyl (C=O) groups is 3. The highest BCUT2D eigenvalue weighted by Crippen LogP contribution is 2.66. The molecule has 0 amide bonds. The van der Waals surface area contributed by atoms with E-state index in [1.54, 1.807) is 0 Å². The van der Waals surface area contributed by atoms with Crippen LogP contribution < -0.4 is 0 Å². The Labute approximate surface area is 166 Å². The predicted octanol–water partition coefficient (Wildman–Crippen LogP) is 3.59. The van der Waals surface area contributed by atoms with Gasteiger partial charge in [-0.25, -0.2) is 0 Å². The first-order valence-corrected chi connectivity index (χ1v) is 11.3. The van der Waals surface area contributed by atoms with E-state index in [-0.39, 0.29) is 70.0 Å². The zero-order valence-corrected chi connectivity index (χ0v) is 17.0. The van der Waals surface area contributed by atoms with Crippen molar-refractivity contribution in [3.8, 4) is 0 Å². The Morgan fingerprint density at radius 1 is 1.11 bits per heavy atom. The van der Waals surface area contributed by atoms with Gasteiger partial charge in [0.15, 0.2) is 0 Å². The molecule has 0 aliphatic heterocycles. The number of hydrogen-bond acceptors (Lipinski definition) is 4. The summed E-state index contributed by atoms with van der Waals surface area (Å²) in [7, 11) is 0. The lowest BCUT2D eigenvalue weighted by molar-refractivity contribution is -0.176. The van der Waals surface area contributed by atoms with Crippen LogP contribution in [0.25, 0.3) is 0 Å². The molecule has 0 radical (unpaired) electrons. The molecule has 10 unspecified atom stereocenters. The van der Waals surface area contributed by atoms with Gasteiger partial charge in [-0.3, -0.25) is 14.4 Å². The van der Waals surface area contributed by atoms with E-state index >= 15 is 0 Å². The second-order valence-electron chi connectivity index (χ2n) is 11.1. The molecule has 0 aromatic carbocycles. The number of Topliss-reactive ketones (excluding diaryl/α,β-unsaturated/α-hetero) is 2. The summed E-state index contributed by atoms with van der Waals surface area (Å²) in [6.45, 7) is 6.81. The van der Waals surface area contributed by atoms with Crippen LogP contribution >= 0.6 is 0 Å². The number of hydrogen-bond donors (Lipinski definition) is 0. The molecule has 28 heavy (non-hydrogen) atoms. The van der Waals surface area contributed by atoms with Gasteiger partial charge in [-0.15, -0.1) is 0 Å². The quantitative estimate of drug-likeness (QED) is 0.425. The standard InChI is InChI=1S/C24H30O4/c1-4-24(10-11-5-8-16(24)23(11,2)3)28-22(27)15-9-14-17-12-6-7-13(20(12)25)18(17)19(15)21(14)26/h6-7,11-19H,4-5,8-10H2,1-3H3. The number of ketones is 2. The fourth-order valence-electron chi connectivity index (χ4n) is 8.89. The third-order valence-electron chi connectivity index (χ3n) is 10.2. The van der Waals surface area contributed by atoms with Crippen LogP contribution in [0.5, 0.6) is 0 Å². The highest BCUT2D eigenvalue weighted by atomic mass is 16.6. The predicted molar refractivity (Wildman–Crippen MR) is 102 cm³/mol. The van der Waals surface area contributed by atoms with Crippen molar-refractivity contribution in [2.24, 2.45) is 58.7 Å². The Kier molecular flexibility index (Phi) is 3.22. The smallest absolute Gasteiger partial charge is 0.310 e. The van der Waals surface area contributed by atoms with Crippen molar-refractivity contribution in [3.63, 3.8) is 0 Å². The second kappa shape index (κ2) is 5.17. The lowest BCUT2D eigenvalue weighted by Gasteiger charge is -2.40. The molecule has 6 bridgehead atoms. The molecular weight excluding hydrogens is 352 g/mol. The molecule has 4 nitrogen and oxygen atoms in total. The van der Waals surface area contributed by atoms with E-state index in [1.807, 2.05) is 12.2 Å². The maximum absolute atomic E-state index is 13.4. The molecule has 6 aliphatic carbocycles. The first-order chi connectivity index (χ1) is 13.3. The zero-order valence-electron chi connectivity index (χ0n) is 17.0. The highest BCUT2D eigenvalue weighted by Gasteiger charge is 2.70. The Morgan fingerprint density at radius 3 is 2.43 bits per heavy atom. The number of fused-ring (bicyclic) bond motifs is 11. The minimum Gasteiger partial charge on any atom is -0.459 e. The van der Waals surface area contributed by atoms with Crippen LogP contribution in [0.2, 0.25) is 0 Å². The molecule has 0 N–H and O–H groups in total. The molecule has 6 aliphatic rings. The molecule has 5 saturated carbocycles. The summed E-state index contributed by atoms with van der Waals surface area (Å²) in [6.07, 6.45) is 8.82. The third-order valence-corrected chi connectivity index (χ3v) is 10.2. The first kappa shape index (κ1) is 17.4. The molecule has 0 aromatic rings. The van der Waals surface area contributed by atoms with Crippen LogP contribution in [0.15, 0.2) is 12.2 Å². The largest absolute Gasteiger partial charge is 0.459 e. The molecule has 6 rings (SSSR count). The summed E-state index contributed by atoms with van der Waals surface area (Å²) in [5.41, 5.74) is -0.119. The van der Waals surface area contributed by atoms with E-state index in [0.29, 0.717) is 18.3 Å². The second-order valence-corrected chi connectivity index (χ2v) is 11.1. The van der Waals surface area contributed by atoms with E-state index in [0.717, 1.165) is 19.3 Å². The Bertz CT molecular complexity index is 824. The lowest BCUT2D eigenvalue weighted by atomic mass is 9.69. The van der Waals surface area contributed by atoms with Gasteiger partial charge in [0.2, 0.25) is 0 Å². The van der Waals surface area contributed by atoms with Gasteiger partial charge in [-0.2, -0.15) is 0 Å². The van der Waals surface area contributed by atoms with Gasteiger partial charge in [0.25, 0.3) is 0 Å². The summed E-state index contributed by atoms with van der Waals surface area (Å²) in [5.74, 6) is 0.716. The van der Waals surface area contributed by atoms with Crippen LogP contribution in [-0.2, 0) is 19.1 Å². The molecular formula is C24H30O4. The fourth-order valence-corrected chi connectivity index (χ4v) is 8.89. The van der Waals surface area contributed by atoms with Crippen LogP contribution in [0.4, 0.5) is 0 Å². The van der Waals surface area contributed by atoms with Crippen LogP contribution in [0.3, 0.4) is 0 Å². The van der Waals surface area contributed by atoms with Gasteiger partial charge < -0.3 is 4.74 Å². The number of ether oxygens (including phenoxy) is 1. The SMILES string of the molecule is CCC1(OC(=O)C2CC3C(=O)C2C2C4C=CC(C4=O)C32)CC2CCC1C2(C)C. The van der Waals surface area contributed by atoms with Crippen LogP contribution in [0, 0.1) is 58.7 Å². The summed E-state index contributed by atoms with van der Waals surface area (Å²) >= 11 is 0. The van der Waals surface area contributed by atoms with Crippen LogP contribution in [-0.4, -0.2) is 23.1 Å². The molecule has 0 spiro atoms. The first-order valence-electron chi connectivity index (χ1n) is 11.3. The van der Waals surface area contributed by atoms with E-state index in [1.165, 1.54) is 6.42 Å². The Morgan fingerprint density at radius 2 is 1.82 bits per heavy atom. The van der Waals surface area contributed by atoms with Crippen molar-refractivity contribution in [3.05, 3.63) is 12.2 Å². The summed E-state index contributed by atoms with van der Waals surface area (Å²) in [4.78, 5) is 38.9. The summed E-state index contributed by atoms with van der Waals surface area (Å²) in [5, 5.41) is 0. The molecule has 10 atom stereocenters. The van der Waals surface area contributed by atoms with E-state index < -0.39 is 0 Å². The van der Waals surface area contributed by atoms with Crippen molar-refractivity contribution in [2.75, 3.05) is 0 Å². The van der Waals surface area contributed by atoms with E-state index in [2.05, 4.69) is 20.8 Å². The van der Waals surface area contributed by atoms with Gasteiger partial charge in [-0.1, -0.05) is 32.9 Å². The average molecular weight is 383 g/mol. The maximum atomic E-state index is 13.4. The normalized spacial score (nSPS) is 54.0. The number of rotatable bonds is 3. The number of esters is 1. The lowest BCUT2D eigenvalue weighted by Crippen LogP contribution is -2.45. The molecule has 0 saturated heterocycles. The fraction of sp³-hybridized carbons (Fsp3) is 0.792. The van der Waals surface area contributed by atoms with E-state index in [9.17, 15) is 14.4 Å². The average Bonchev–Trinajstić information content (AvgIpc) is 3.46. The van der Waals surface area contributed by atoms with Crippen molar-refractivity contribution in [1.29, 1.82) is 0 Å². The van der Waals surface area contributed by atoms with Gasteiger partial charge in [0.1, 0.15) is 17.2 Å². The minimum atomic E-state index is -0.349. The summed E-state index contributed by atoms with van der Waals surface area (Å²) < 4.78 is 6.36. The van der Waals surface area contributed by atoms with Gasteiger partial charge in [-0.05, 0) is 55.3 Å². The van der Waals surface area contributed by atoms with Crippen molar-refractivity contribution in [1.82, 2.24) is 0 Å². The monoisotopic (exact) mass is 382 g/mol. The van der Waals surface area contributed by atoms with Crippen LogP contribution in [0.1, 0.15) is 52.9 Å². The van der Waals surface area contributed by atoms with E-state index in [4.69, 9.17) is 4.74 Å². The molecule has 4 heteroatoms. The highest BCUT2D eigenvalue weighted by molar-refractivity contribution is 6.01. The maximum Gasteiger partial charge on any atom is 0.310 e. The molecule has 0 aromatic heterocycles. The third kappa shape index (κ3) is 1.78. The van der Waals surface area contributed by atoms with Gasteiger partial charge >= 0.3 is 5.97 Å². The Balaban J connectivity index is 1.27. The molecule has 150 valence electrons. The van der Waals surface area contributed by atoms with Gasteiger partial charge in [0, 0.05) is 29.6 Å². The topological polar surface area (TPSA) is 60.4 Å². The number of carbonyl (C=O) groups excluding carboxylic acids is 3. The molecule has 0 heterocycles. The van der Waals surface area contributed by atoms with Crippen molar-refractivity contribution in [2.45, 2.75) is 58.5 Å². The minimum absolute atomic E-state index is 0.0559. The zero-order chi connectivity index (χ0) is 19.6. The summed E-state index contributed by atoms with van der Waals surface area (Å²) in [6, 6.07) is 0. The van der Waals surface area contributed by atoms with Crippen molar-refractivity contribution < 1.29 is 19.1 Å². The van der Waals surface area contributed by atoms with Gasteiger partial charge in [0.05, 0.1) is 5.92 Å². The number of allylic oxidation sites excluding steroid dienone is 2.